The van der Waals surface area contributed by atoms with E-state index in [4.69, 9.17) is 18.9 Å². The third kappa shape index (κ3) is 5.59. The van der Waals surface area contributed by atoms with Crippen LogP contribution in [0.1, 0.15) is 53.2 Å². The van der Waals surface area contributed by atoms with E-state index in [1.807, 2.05) is 0 Å². The van der Waals surface area contributed by atoms with E-state index in [0.717, 1.165) is 0 Å². The fraction of sp³-hybridized carbons (Fsp3) is 0.478. The molecule has 11 nitrogen and oxygen atoms in total. The molecule has 182 valence electrons. The Labute approximate surface area is 197 Å². The van der Waals surface area contributed by atoms with Gasteiger partial charge in [-0.3, -0.25) is 9.78 Å². The molecule has 2 aromatic rings. The van der Waals surface area contributed by atoms with Crippen molar-refractivity contribution in [3.63, 3.8) is 0 Å². The Morgan fingerprint density at radius 2 is 1.47 bits per heavy atom. The van der Waals surface area contributed by atoms with Crippen molar-refractivity contribution in [1.29, 1.82) is 0 Å². The molecule has 2 aromatic heterocycles. The summed E-state index contributed by atoms with van der Waals surface area (Å²) in [5, 5.41) is 0. The van der Waals surface area contributed by atoms with Gasteiger partial charge in [-0.2, -0.15) is 4.90 Å². The number of pyridine rings is 1. The molecule has 0 saturated carbocycles. The summed E-state index contributed by atoms with van der Waals surface area (Å²) in [5.74, 6) is -1.77. The van der Waals surface area contributed by atoms with Crippen LogP contribution in [0.4, 0.5) is 9.59 Å². The van der Waals surface area contributed by atoms with Gasteiger partial charge in [-0.15, -0.1) is 0 Å². The highest BCUT2D eigenvalue weighted by Crippen LogP contribution is 2.41. The summed E-state index contributed by atoms with van der Waals surface area (Å²) in [6.45, 7) is 9.89. The zero-order valence-corrected chi connectivity index (χ0v) is 20.2. The number of hydrogen-bond donors (Lipinski definition) is 0. The number of carbonyl (C=O) groups excluding carboxylic acids is 3. The molecule has 1 aliphatic heterocycles. The largest absolute Gasteiger partial charge is 0.468 e. The monoisotopic (exact) mass is 472 g/mol. The normalized spacial score (nSPS) is 17.3. The van der Waals surface area contributed by atoms with E-state index in [2.05, 4.69) is 15.0 Å². The lowest BCUT2D eigenvalue weighted by Crippen LogP contribution is -2.53. The van der Waals surface area contributed by atoms with Crippen LogP contribution in [0.2, 0.25) is 0 Å². The predicted octanol–water partition coefficient (Wildman–Crippen LogP) is 3.69. The minimum Gasteiger partial charge on any atom is -0.468 e. The number of nitrogens with zero attached hydrogens (tertiary/aromatic N) is 4. The molecule has 3 rings (SSSR count). The first kappa shape index (κ1) is 24.9. The number of imide groups is 1. The Morgan fingerprint density at radius 1 is 0.912 bits per heavy atom. The van der Waals surface area contributed by atoms with E-state index in [-0.39, 0.29) is 11.4 Å². The number of esters is 1. The molecule has 0 spiro atoms. The van der Waals surface area contributed by atoms with E-state index in [1.54, 1.807) is 60.0 Å². The molecule has 0 aromatic carbocycles. The topological polar surface area (TPSA) is 130 Å². The molecule has 0 radical (unpaired) electrons. The second-order valence-electron chi connectivity index (χ2n) is 9.57. The van der Waals surface area contributed by atoms with Gasteiger partial charge in [0.15, 0.2) is 5.92 Å². The Balaban J connectivity index is 2.06. The average Bonchev–Trinajstić information content (AvgIpc) is 3.09. The SMILES string of the molecule is COC(=O)C1c2ncc(-c3cncnc3)cc2OC1N(C(=O)OC(C)(C)C)C(=O)OC(C)(C)C. The first-order valence-corrected chi connectivity index (χ1v) is 10.6. The first-order valence-electron chi connectivity index (χ1n) is 10.6. The molecule has 3 heterocycles. The number of rotatable bonds is 3. The van der Waals surface area contributed by atoms with Gasteiger partial charge in [-0.1, -0.05) is 0 Å². The summed E-state index contributed by atoms with van der Waals surface area (Å²) in [4.78, 5) is 52.0. The second-order valence-corrected chi connectivity index (χ2v) is 9.57. The lowest BCUT2D eigenvalue weighted by Gasteiger charge is -2.32. The minimum atomic E-state index is -1.44. The van der Waals surface area contributed by atoms with E-state index in [0.29, 0.717) is 16.0 Å². The van der Waals surface area contributed by atoms with Crippen molar-refractivity contribution >= 4 is 18.2 Å². The highest BCUT2D eigenvalue weighted by atomic mass is 16.6. The summed E-state index contributed by atoms with van der Waals surface area (Å²) in [7, 11) is 1.19. The number of hydrogen-bond acceptors (Lipinski definition) is 10. The van der Waals surface area contributed by atoms with E-state index in [1.165, 1.54) is 19.6 Å². The van der Waals surface area contributed by atoms with Crippen LogP contribution < -0.4 is 4.74 Å². The highest BCUT2D eigenvalue weighted by molar-refractivity contribution is 5.91. The standard InChI is InChI=1S/C23H28N4O7/c1-22(2,3)33-20(29)27(21(30)34-23(4,5)6)18-16(19(28)31-7)17-15(32-18)8-13(11-26-17)14-9-24-12-25-10-14/h8-12,16,18H,1-7H3. The van der Waals surface area contributed by atoms with Gasteiger partial charge in [0.05, 0.1) is 7.11 Å². The number of aromatic nitrogens is 3. The Bertz CT molecular complexity index is 1050. The number of amides is 2. The Kier molecular flexibility index (Phi) is 6.76. The van der Waals surface area contributed by atoms with Crippen LogP contribution in [0.25, 0.3) is 11.1 Å². The molecule has 11 heteroatoms. The molecule has 2 unspecified atom stereocenters. The molecule has 2 amide bonds. The fourth-order valence-electron chi connectivity index (χ4n) is 3.18. The fourth-order valence-corrected chi connectivity index (χ4v) is 3.18. The summed E-state index contributed by atoms with van der Waals surface area (Å²) in [5.41, 5.74) is -0.375. The van der Waals surface area contributed by atoms with Crippen LogP contribution in [-0.2, 0) is 19.0 Å². The Hall–Kier alpha value is -3.76. The van der Waals surface area contributed by atoms with Gasteiger partial charge in [0.2, 0.25) is 6.23 Å². The van der Waals surface area contributed by atoms with Gasteiger partial charge in [0.25, 0.3) is 0 Å². The quantitative estimate of drug-likeness (QED) is 0.481. The molecule has 1 aliphatic rings. The smallest absolute Gasteiger partial charge is 0.422 e. The van der Waals surface area contributed by atoms with E-state index < -0.39 is 41.5 Å². The second kappa shape index (κ2) is 9.24. The minimum absolute atomic E-state index is 0.193. The van der Waals surface area contributed by atoms with E-state index in [9.17, 15) is 14.4 Å². The molecule has 0 aliphatic carbocycles. The molecular weight excluding hydrogens is 444 g/mol. The van der Waals surface area contributed by atoms with Gasteiger partial charge >= 0.3 is 18.2 Å². The van der Waals surface area contributed by atoms with Gasteiger partial charge in [-0.25, -0.2) is 19.6 Å². The summed E-state index contributed by atoms with van der Waals surface area (Å²) in [6.07, 6.45) is 2.58. The van der Waals surface area contributed by atoms with Crippen molar-refractivity contribution in [3.8, 4) is 16.9 Å². The van der Waals surface area contributed by atoms with Crippen molar-refractivity contribution in [2.75, 3.05) is 7.11 Å². The van der Waals surface area contributed by atoms with Crippen LogP contribution in [0, 0.1) is 0 Å². The van der Waals surface area contributed by atoms with Crippen molar-refractivity contribution < 1.29 is 33.3 Å². The maximum atomic E-state index is 13.1. The van der Waals surface area contributed by atoms with Crippen molar-refractivity contribution in [1.82, 2.24) is 19.9 Å². The maximum absolute atomic E-state index is 13.1. The highest BCUT2D eigenvalue weighted by Gasteiger charge is 2.51. The van der Waals surface area contributed by atoms with Crippen LogP contribution in [0.3, 0.4) is 0 Å². The number of carbonyl (C=O) groups is 3. The van der Waals surface area contributed by atoms with Gasteiger partial charge in [0.1, 0.15) is 29.0 Å². The molecule has 0 fully saturated rings. The zero-order valence-electron chi connectivity index (χ0n) is 20.2. The lowest BCUT2D eigenvalue weighted by molar-refractivity contribution is -0.146. The van der Waals surface area contributed by atoms with Crippen LogP contribution in [-0.4, -0.2) is 62.5 Å². The third-order valence-electron chi connectivity index (χ3n) is 4.49. The number of fused-ring (bicyclic) bond motifs is 1. The van der Waals surface area contributed by atoms with Crippen molar-refractivity contribution in [2.45, 2.75) is 64.9 Å². The number of methoxy groups -OCH3 is 1. The summed E-state index contributed by atoms with van der Waals surface area (Å²) < 4.78 is 21.7. The third-order valence-corrected chi connectivity index (χ3v) is 4.49. The van der Waals surface area contributed by atoms with E-state index >= 15 is 0 Å². The number of ether oxygens (including phenoxy) is 4. The zero-order chi connectivity index (χ0) is 25.3. The molecule has 0 saturated heterocycles. The van der Waals surface area contributed by atoms with Crippen molar-refractivity contribution in [3.05, 3.63) is 36.7 Å². The molecule has 2 atom stereocenters. The maximum Gasteiger partial charge on any atom is 0.422 e. The van der Waals surface area contributed by atoms with Crippen LogP contribution >= 0.6 is 0 Å². The van der Waals surface area contributed by atoms with Gasteiger partial charge < -0.3 is 18.9 Å². The van der Waals surface area contributed by atoms with Crippen LogP contribution in [0.5, 0.6) is 5.75 Å². The molecular formula is C23H28N4O7. The summed E-state index contributed by atoms with van der Waals surface area (Å²) in [6, 6.07) is 1.62. The average molecular weight is 472 g/mol. The van der Waals surface area contributed by atoms with Crippen molar-refractivity contribution in [2.24, 2.45) is 0 Å². The summed E-state index contributed by atoms with van der Waals surface area (Å²) >= 11 is 0. The molecule has 0 bridgehead atoms. The Morgan fingerprint density at radius 3 is 1.97 bits per heavy atom. The molecule has 34 heavy (non-hydrogen) atoms. The first-order chi connectivity index (χ1) is 15.8. The predicted molar refractivity (Wildman–Crippen MR) is 119 cm³/mol. The van der Waals surface area contributed by atoms with Gasteiger partial charge in [-0.05, 0) is 47.6 Å². The van der Waals surface area contributed by atoms with Crippen LogP contribution in [0.15, 0.2) is 31.0 Å². The molecule has 0 N–H and O–H groups in total. The lowest BCUT2D eigenvalue weighted by atomic mass is 10.0. The van der Waals surface area contributed by atoms with Gasteiger partial charge in [0, 0.05) is 29.7 Å².